The molecule has 1 aliphatic rings. The summed E-state index contributed by atoms with van der Waals surface area (Å²) in [6, 6.07) is 14.1. The fourth-order valence-electron chi connectivity index (χ4n) is 3.09. The Bertz CT molecular complexity index is 918. The predicted molar refractivity (Wildman–Crippen MR) is 90.6 cm³/mol. The van der Waals surface area contributed by atoms with E-state index < -0.39 is 0 Å². The van der Waals surface area contributed by atoms with Gasteiger partial charge in [0.15, 0.2) is 0 Å². The highest BCUT2D eigenvalue weighted by molar-refractivity contribution is 6.35. The van der Waals surface area contributed by atoms with Gasteiger partial charge in [-0.05, 0) is 24.1 Å². The van der Waals surface area contributed by atoms with Crippen molar-refractivity contribution in [2.75, 3.05) is 5.32 Å². The molecule has 4 rings (SSSR count). The van der Waals surface area contributed by atoms with Crippen molar-refractivity contribution < 1.29 is 4.79 Å². The van der Waals surface area contributed by atoms with Gasteiger partial charge in [0.1, 0.15) is 0 Å². The number of benzene rings is 2. The van der Waals surface area contributed by atoms with Crippen LogP contribution in [0.2, 0.25) is 0 Å². The lowest BCUT2D eigenvalue weighted by atomic mass is 10.0. The number of hydrogen-bond donors (Lipinski definition) is 2. The molecule has 0 bridgehead atoms. The lowest BCUT2D eigenvalue weighted by Gasteiger charge is -2.00. The Hall–Kier alpha value is -2.81. The van der Waals surface area contributed by atoms with E-state index in [0.717, 1.165) is 39.7 Å². The van der Waals surface area contributed by atoms with E-state index in [1.165, 1.54) is 5.56 Å². The third kappa shape index (κ3) is 1.86. The molecule has 2 aromatic carbocycles. The van der Waals surface area contributed by atoms with Crippen LogP contribution in [0, 0.1) is 0 Å². The van der Waals surface area contributed by atoms with Crippen LogP contribution < -0.4 is 5.32 Å². The van der Waals surface area contributed by atoms with E-state index >= 15 is 0 Å². The first-order chi connectivity index (χ1) is 10.8. The van der Waals surface area contributed by atoms with Gasteiger partial charge in [-0.2, -0.15) is 0 Å². The molecule has 0 spiro atoms. The zero-order valence-electron chi connectivity index (χ0n) is 12.3. The number of amides is 1. The van der Waals surface area contributed by atoms with Crippen LogP contribution in [-0.4, -0.2) is 10.9 Å². The van der Waals surface area contributed by atoms with Crippen molar-refractivity contribution in [3.05, 3.63) is 65.4 Å². The number of para-hydroxylation sites is 2. The topological polar surface area (TPSA) is 44.9 Å². The first-order valence-electron chi connectivity index (χ1n) is 7.49. The van der Waals surface area contributed by atoms with E-state index in [1.54, 1.807) is 0 Å². The van der Waals surface area contributed by atoms with Crippen LogP contribution in [0.3, 0.4) is 0 Å². The number of aromatic amines is 1. The Morgan fingerprint density at radius 3 is 2.82 bits per heavy atom. The second-order valence-corrected chi connectivity index (χ2v) is 5.49. The molecule has 1 amide bonds. The Labute approximate surface area is 128 Å². The standard InChI is InChI=1S/C19H16N2O/c1-2-12-6-5-8-14-13(11-20-18(12)14)10-16-15-7-3-4-9-17(15)21-19(16)22/h3-11,20H,2H2,1H3,(H,21,22). The molecule has 0 fully saturated rings. The highest BCUT2D eigenvalue weighted by atomic mass is 16.2. The third-order valence-electron chi connectivity index (χ3n) is 4.22. The summed E-state index contributed by atoms with van der Waals surface area (Å²) in [6.07, 6.45) is 4.93. The van der Waals surface area contributed by atoms with Gasteiger partial charge in [-0.25, -0.2) is 0 Å². The number of aryl methyl sites for hydroxylation is 1. The molecule has 3 aromatic rings. The van der Waals surface area contributed by atoms with Gasteiger partial charge >= 0.3 is 0 Å². The number of anilines is 1. The van der Waals surface area contributed by atoms with Crippen LogP contribution in [0.5, 0.6) is 0 Å². The molecule has 2 heterocycles. The average Bonchev–Trinajstić information content (AvgIpc) is 3.09. The molecule has 3 heteroatoms. The van der Waals surface area contributed by atoms with Crippen LogP contribution in [0.15, 0.2) is 48.7 Å². The molecular formula is C19H16N2O. The molecule has 0 saturated heterocycles. The molecule has 0 unspecified atom stereocenters. The Kier molecular flexibility index (Phi) is 2.86. The first-order valence-corrected chi connectivity index (χ1v) is 7.49. The minimum Gasteiger partial charge on any atom is -0.360 e. The lowest BCUT2D eigenvalue weighted by Crippen LogP contribution is -2.03. The van der Waals surface area contributed by atoms with Gasteiger partial charge < -0.3 is 10.3 Å². The molecule has 3 nitrogen and oxygen atoms in total. The number of nitrogens with one attached hydrogen (secondary N) is 2. The Morgan fingerprint density at radius 1 is 1.09 bits per heavy atom. The maximum atomic E-state index is 12.2. The summed E-state index contributed by atoms with van der Waals surface area (Å²) in [5.41, 5.74) is 6.06. The molecule has 22 heavy (non-hydrogen) atoms. The lowest BCUT2D eigenvalue weighted by molar-refractivity contribution is -0.110. The largest absolute Gasteiger partial charge is 0.360 e. The van der Waals surface area contributed by atoms with E-state index in [-0.39, 0.29) is 5.91 Å². The Balaban J connectivity index is 1.89. The van der Waals surface area contributed by atoms with Crippen molar-refractivity contribution >= 4 is 34.1 Å². The van der Waals surface area contributed by atoms with E-state index in [9.17, 15) is 4.79 Å². The summed E-state index contributed by atoms with van der Waals surface area (Å²) in [7, 11) is 0. The van der Waals surface area contributed by atoms with Crippen LogP contribution in [0.25, 0.3) is 22.6 Å². The van der Waals surface area contributed by atoms with Crippen molar-refractivity contribution in [3.63, 3.8) is 0 Å². The molecule has 0 aliphatic carbocycles. The molecule has 0 atom stereocenters. The number of carbonyl (C=O) groups is 1. The molecule has 2 N–H and O–H groups in total. The minimum atomic E-state index is -0.0396. The fourth-order valence-corrected chi connectivity index (χ4v) is 3.09. The van der Waals surface area contributed by atoms with E-state index in [2.05, 4.69) is 35.4 Å². The summed E-state index contributed by atoms with van der Waals surface area (Å²) in [5.74, 6) is -0.0396. The Morgan fingerprint density at radius 2 is 1.95 bits per heavy atom. The smallest absolute Gasteiger partial charge is 0.256 e. The number of hydrogen-bond acceptors (Lipinski definition) is 1. The summed E-state index contributed by atoms with van der Waals surface area (Å²) in [6.45, 7) is 2.15. The zero-order chi connectivity index (χ0) is 15.1. The molecule has 0 saturated carbocycles. The summed E-state index contributed by atoms with van der Waals surface area (Å²) in [5, 5.41) is 4.07. The van der Waals surface area contributed by atoms with Gasteiger partial charge in [0.25, 0.3) is 5.91 Å². The van der Waals surface area contributed by atoms with Crippen LogP contribution in [0.4, 0.5) is 5.69 Å². The van der Waals surface area contributed by atoms with Crippen LogP contribution in [-0.2, 0) is 11.2 Å². The predicted octanol–water partition coefficient (Wildman–Crippen LogP) is 4.22. The summed E-state index contributed by atoms with van der Waals surface area (Å²) in [4.78, 5) is 15.6. The van der Waals surface area contributed by atoms with Crippen LogP contribution >= 0.6 is 0 Å². The quantitative estimate of drug-likeness (QED) is 0.681. The highest BCUT2D eigenvalue weighted by Crippen LogP contribution is 2.34. The van der Waals surface area contributed by atoms with Crippen molar-refractivity contribution in [2.24, 2.45) is 0 Å². The van der Waals surface area contributed by atoms with Gasteiger partial charge in [0.2, 0.25) is 0 Å². The fraction of sp³-hybridized carbons (Fsp3) is 0.105. The van der Waals surface area contributed by atoms with E-state index in [1.807, 2.05) is 36.5 Å². The molecule has 108 valence electrons. The summed E-state index contributed by atoms with van der Waals surface area (Å²) < 4.78 is 0. The van der Waals surface area contributed by atoms with Gasteiger partial charge in [0, 0.05) is 39.5 Å². The normalized spacial score (nSPS) is 15.3. The molecule has 1 aromatic heterocycles. The van der Waals surface area contributed by atoms with Gasteiger partial charge in [-0.15, -0.1) is 0 Å². The van der Waals surface area contributed by atoms with Crippen molar-refractivity contribution in [1.82, 2.24) is 4.98 Å². The minimum absolute atomic E-state index is 0.0396. The number of aromatic nitrogens is 1. The number of H-pyrrole nitrogens is 1. The first kappa shape index (κ1) is 12.9. The maximum Gasteiger partial charge on any atom is 0.256 e. The second-order valence-electron chi connectivity index (χ2n) is 5.49. The van der Waals surface area contributed by atoms with E-state index in [0.29, 0.717) is 0 Å². The molecule has 0 radical (unpaired) electrons. The van der Waals surface area contributed by atoms with Gasteiger partial charge in [-0.3, -0.25) is 4.79 Å². The zero-order valence-corrected chi connectivity index (χ0v) is 12.3. The maximum absolute atomic E-state index is 12.2. The monoisotopic (exact) mass is 288 g/mol. The molecule has 1 aliphatic heterocycles. The second kappa shape index (κ2) is 4.88. The number of carbonyl (C=O) groups excluding carboxylic acids is 1. The SMILES string of the molecule is CCc1cccc2c(C=C3C(=O)Nc4ccccc43)c[nH]c12. The third-order valence-corrected chi connectivity index (χ3v) is 4.22. The average molecular weight is 288 g/mol. The molecular weight excluding hydrogens is 272 g/mol. The summed E-state index contributed by atoms with van der Waals surface area (Å²) >= 11 is 0. The highest BCUT2D eigenvalue weighted by Gasteiger charge is 2.23. The van der Waals surface area contributed by atoms with Crippen molar-refractivity contribution in [3.8, 4) is 0 Å². The van der Waals surface area contributed by atoms with E-state index in [4.69, 9.17) is 0 Å². The number of fused-ring (bicyclic) bond motifs is 2. The van der Waals surface area contributed by atoms with Crippen molar-refractivity contribution in [2.45, 2.75) is 13.3 Å². The van der Waals surface area contributed by atoms with Gasteiger partial charge in [-0.1, -0.05) is 43.3 Å². The van der Waals surface area contributed by atoms with Crippen LogP contribution in [0.1, 0.15) is 23.6 Å². The number of rotatable bonds is 2. The van der Waals surface area contributed by atoms with Gasteiger partial charge in [0.05, 0.1) is 0 Å². The van der Waals surface area contributed by atoms with Crippen molar-refractivity contribution in [1.29, 1.82) is 0 Å².